The molecule has 0 bridgehead atoms. The van der Waals surface area contributed by atoms with Crippen LogP contribution in [-0.4, -0.2) is 37.6 Å². The summed E-state index contributed by atoms with van der Waals surface area (Å²) in [5.41, 5.74) is 3.16. The topological polar surface area (TPSA) is 15.3 Å². The molecule has 1 fully saturated rings. The van der Waals surface area contributed by atoms with Crippen molar-refractivity contribution in [1.29, 1.82) is 0 Å². The van der Waals surface area contributed by atoms with Crippen molar-refractivity contribution in [2.45, 2.75) is 19.3 Å². The Kier molecular flexibility index (Phi) is 3.17. The van der Waals surface area contributed by atoms with Gasteiger partial charge in [-0.1, -0.05) is 31.2 Å². The second-order valence-electron chi connectivity index (χ2n) is 5.67. The maximum absolute atomic E-state index is 3.51. The fourth-order valence-corrected chi connectivity index (χ4v) is 3.19. The summed E-state index contributed by atoms with van der Waals surface area (Å²) in [5, 5.41) is 3.51. The van der Waals surface area contributed by atoms with Crippen molar-refractivity contribution >= 4 is 0 Å². The molecule has 1 saturated heterocycles. The van der Waals surface area contributed by atoms with Crippen molar-refractivity contribution < 1.29 is 0 Å². The molecule has 1 aliphatic carbocycles. The van der Waals surface area contributed by atoms with E-state index in [0.717, 1.165) is 18.4 Å². The highest BCUT2D eigenvalue weighted by molar-refractivity contribution is 5.40. The highest BCUT2D eigenvalue weighted by atomic mass is 15.2. The highest BCUT2D eigenvalue weighted by Gasteiger charge is 2.27. The lowest BCUT2D eigenvalue weighted by Gasteiger charge is -2.35. The van der Waals surface area contributed by atoms with Gasteiger partial charge in [0.15, 0.2) is 0 Å². The summed E-state index contributed by atoms with van der Waals surface area (Å²) in [6.45, 7) is 8.40. The first-order valence-electron chi connectivity index (χ1n) is 6.84. The maximum atomic E-state index is 3.51. The fourth-order valence-electron chi connectivity index (χ4n) is 3.19. The van der Waals surface area contributed by atoms with Crippen LogP contribution in [0.3, 0.4) is 0 Å². The molecule has 0 radical (unpaired) electrons. The Morgan fingerprint density at radius 2 is 2.24 bits per heavy atom. The van der Waals surface area contributed by atoms with E-state index in [4.69, 9.17) is 0 Å². The van der Waals surface area contributed by atoms with E-state index >= 15 is 0 Å². The molecule has 0 saturated carbocycles. The van der Waals surface area contributed by atoms with E-state index in [1.54, 1.807) is 11.1 Å². The number of nitrogens with zero attached hydrogens (tertiary/aromatic N) is 1. The first-order valence-corrected chi connectivity index (χ1v) is 6.84. The predicted octanol–water partition coefficient (Wildman–Crippen LogP) is 1.87. The number of hydrogen-bond acceptors (Lipinski definition) is 2. The third-order valence-corrected chi connectivity index (χ3v) is 4.11. The van der Waals surface area contributed by atoms with E-state index in [2.05, 4.69) is 41.4 Å². The Morgan fingerprint density at radius 3 is 3.12 bits per heavy atom. The lowest BCUT2D eigenvalue weighted by atomic mass is 9.77. The van der Waals surface area contributed by atoms with Crippen LogP contribution in [0.25, 0.3) is 0 Å². The molecule has 2 nitrogen and oxygen atoms in total. The molecule has 1 aliphatic heterocycles. The number of benzene rings is 1. The Bertz CT molecular complexity index is 388. The van der Waals surface area contributed by atoms with Crippen LogP contribution in [0.4, 0.5) is 0 Å². The van der Waals surface area contributed by atoms with Gasteiger partial charge in [0, 0.05) is 32.1 Å². The smallest absolute Gasteiger partial charge is 0.0107 e. The van der Waals surface area contributed by atoms with Crippen LogP contribution in [0.2, 0.25) is 0 Å². The van der Waals surface area contributed by atoms with Crippen molar-refractivity contribution in [1.82, 2.24) is 10.2 Å². The largest absolute Gasteiger partial charge is 0.315 e. The van der Waals surface area contributed by atoms with Crippen molar-refractivity contribution in [3.05, 3.63) is 35.4 Å². The molecule has 1 aromatic rings. The summed E-state index contributed by atoms with van der Waals surface area (Å²) >= 11 is 0. The van der Waals surface area contributed by atoms with Crippen molar-refractivity contribution in [2.75, 3.05) is 32.7 Å². The Labute approximate surface area is 104 Å². The summed E-state index contributed by atoms with van der Waals surface area (Å²) in [7, 11) is 0. The minimum absolute atomic E-state index is 0.785. The lowest BCUT2D eigenvalue weighted by molar-refractivity contribution is 0.240. The molecular formula is C15H22N2. The zero-order valence-corrected chi connectivity index (χ0v) is 10.7. The molecule has 0 spiro atoms. The van der Waals surface area contributed by atoms with Gasteiger partial charge in [0.05, 0.1) is 0 Å². The second kappa shape index (κ2) is 4.79. The number of rotatable bonds is 2. The van der Waals surface area contributed by atoms with Gasteiger partial charge in [-0.2, -0.15) is 0 Å². The highest BCUT2D eigenvalue weighted by Crippen LogP contribution is 2.35. The lowest BCUT2D eigenvalue weighted by Crippen LogP contribution is -2.36. The minimum atomic E-state index is 0.785. The molecule has 3 rings (SSSR count). The molecule has 1 N–H and O–H groups in total. The average Bonchev–Trinajstić information content (AvgIpc) is 2.51. The quantitative estimate of drug-likeness (QED) is 0.834. The summed E-state index contributed by atoms with van der Waals surface area (Å²) < 4.78 is 0. The summed E-state index contributed by atoms with van der Waals surface area (Å²) in [6.07, 6.45) is 1.29. The first-order chi connectivity index (χ1) is 8.33. The molecular weight excluding hydrogens is 208 g/mol. The monoisotopic (exact) mass is 230 g/mol. The van der Waals surface area contributed by atoms with Crippen molar-refractivity contribution in [2.24, 2.45) is 5.92 Å². The number of nitrogens with one attached hydrogen (secondary N) is 1. The van der Waals surface area contributed by atoms with Gasteiger partial charge in [0.2, 0.25) is 0 Å². The zero-order chi connectivity index (χ0) is 11.7. The van der Waals surface area contributed by atoms with Gasteiger partial charge in [0.1, 0.15) is 0 Å². The third kappa shape index (κ3) is 2.38. The Morgan fingerprint density at radius 1 is 1.35 bits per heavy atom. The van der Waals surface area contributed by atoms with E-state index < -0.39 is 0 Å². The Balaban J connectivity index is 1.61. The van der Waals surface area contributed by atoms with E-state index in [-0.39, 0.29) is 0 Å². The molecule has 17 heavy (non-hydrogen) atoms. The van der Waals surface area contributed by atoms with Crippen LogP contribution < -0.4 is 5.32 Å². The van der Waals surface area contributed by atoms with Gasteiger partial charge in [-0.15, -0.1) is 0 Å². The SMILES string of the molecule is CC1CNCCN(CC2Cc3ccccc32)C1. The molecule has 2 aliphatic rings. The van der Waals surface area contributed by atoms with Crippen LogP contribution in [0.5, 0.6) is 0 Å². The zero-order valence-electron chi connectivity index (χ0n) is 10.7. The Hall–Kier alpha value is -0.860. The molecule has 2 unspecified atom stereocenters. The van der Waals surface area contributed by atoms with E-state index in [0.29, 0.717) is 0 Å². The maximum Gasteiger partial charge on any atom is 0.0107 e. The van der Waals surface area contributed by atoms with Crippen molar-refractivity contribution in [3.8, 4) is 0 Å². The normalized spacial score (nSPS) is 29.2. The van der Waals surface area contributed by atoms with Gasteiger partial charge in [-0.05, 0) is 30.0 Å². The van der Waals surface area contributed by atoms with Gasteiger partial charge in [-0.3, -0.25) is 0 Å². The van der Waals surface area contributed by atoms with Crippen LogP contribution in [0.15, 0.2) is 24.3 Å². The fraction of sp³-hybridized carbons (Fsp3) is 0.600. The third-order valence-electron chi connectivity index (χ3n) is 4.11. The molecule has 1 heterocycles. The van der Waals surface area contributed by atoms with Crippen LogP contribution in [0, 0.1) is 5.92 Å². The average molecular weight is 230 g/mol. The molecule has 92 valence electrons. The number of fused-ring (bicyclic) bond motifs is 1. The van der Waals surface area contributed by atoms with E-state index in [1.807, 2.05) is 0 Å². The van der Waals surface area contributed by atoms with Gasteiger partial charge < -0.3 is 10.2 Å². The van der Waals surface area contributed by atoms with E-state index in [1.165, 1.54) is 32.6 Å². The predicted molar refractivity (Wildman–Crippen MR) is 71.4 cm³/mol. The van der Waals surface area contributed by atoms with Crippen molar-refractivity contribution in [3.63, 3.8) is 0 Å². The first kappa shape index (κ1) is 11.2. The molecule has 2 atom stereocenters. The van der Waals surface area contributed by atoms with E-state index in [9.17, 15) is 0 Å². The molecule has 2 heteroatoms. The van der Waals surface area contributed by atoms with Crippen LogP contribution in [-0.2, 0) is 6.42 Å². The van der Waals surface area contributed by atoms with Gasteiger partial charge in [0.25, 0.3) is 0 Å². The number of hydrogen-bond donors (Lipinski definition) is 1. The summed E-state index contributed by atoms with van der Waals surface area (Å²) in [5.74, 6) is 1.57. The molecule has 0 aromatic heterocycles. The summed E-state index contributed by atoms with van der Waals surface area (Å²) in [4.78, 5) is 2.64. The molecule has 0 amide bonds. The minimum Gasteiger partial charge on any atom is -0.315 e. The van der Waals surface area contributed by atoms with Gasteiger partial charge in [-0.25, -0.2) is 0 Å². The summed E-state index contributed by atoms with van der Waals surface area (Å²) in [6, 6.07) is 8.92. The standard InChI is InChI=1S/C15H22N2/c1-12-9-16-6-7-17(10-12)11-14-8-13-4-2-3-5-15(13)14/h2-5,12,14,16H,6-11H2,1H3. The van der Waals surface area contributed by atoms with Crippen LogP contribution >= 0.6 is 0 Å². The second-order valence-corrected chi connectivity index (χ2v) is 5.67. The van der Waals surface area contributed by atoms with Gasteiger partial charge >= 0.3 is 0 Å². The molecule has 1 aromatic carbocycles. The van der Waals surface area contributed by atoms with Crippen LogP contribution in [0.1, 0.15) is 24.0 Å².